The van der Waals surface area contributed by atoms with E-state index in [1.54, 1.807) is 0 Å². The zero-order chi connectivity index (χ0) is 11.2. The topological polar surface area (TPSA) is 26.0 Å². The smallest absolute Gasteiger partial charge is 0.0441 e. The van der Waals surface area contributed by atoms with Gasteiger partial charge < -0.3 is 5.73 Å². The van der Waals surface area contributed by atoms with Gasteiger partial charge >= 0.3 is 0 Å². The monoisotopic (exact) mass is 223 g/mol. The van der Waals surface area contributed by atoms with Gasteiger partial charge in [0.1, 0.15) is 0 Å². The standard InChI is InChI=1S/C13H18ClN/c1-7-4-5-11(15)13-9(3)10(14)6-8(2)12(7)13/h6-7,11H,4-5,15H2,1-3H3. The lowest BCUT2D eigenvalue weighted by Gasteiger charge is -2.31. The molecule has 0 aromatic heterocycles. The van der Waals surface area contributed by atoms with Crippen molar-refractivity contribution < 1.29 is 0 Å². The summed E-state index contributed by atoms with van der Waals surface area (Å²) in [6.07, 6.45) is 2.27. The molecule has 0 amide bonds. The van der Waals surface area contributed by atoms with Crippen LogP contribution in [0.15, 0.2) is 6.07 Å². The van der Waals surface area contributed by atoms with Gasteiger partial charge in [-0.3, -0.25) is 0 Å². The maximum atomic E-state index is 6.21. The molecular formula is C13H18ClN. The average Bonchev–Trinajstić information content (AvgIpc) is 2.18. The molecule has 2 atom stereocenters. The number of rotatable bonds is 0. The van der Waals surface area contributed by atoms with Gasteiger partial charge in [0.15, 0.2) is 0 Å². The Kier molecular flexibility index (Phi) is 2.78. The van der Waals surface area contributed by atoms with Crippen molar-refractivity contribution >= 4 is 11.6 Å². The zero-order valence-corrected chi connectivity index (χ0v) is 10.4. The molecule has 2 unspecified atom stereocenters. The van der Waals surface area contributed by atoms with Crippen LogP contribution in [0, 0.1) is 13.8 Å². The number of aryl methyl sites for hydroxylation is 1. The first-order valence-corrected chi connectivity index (χ1v) is 5.95. The molecule has 0 radical (unpaired) electrons. The van der Waals surface area contributed by atoms with Gasteiger partial charge in [0, 0.05) is 11.1 Å². The maximum absolute atomic E-state index is 6.21. The summed E-state index contributed by atoms with van der Waals surface area (Å²) < 4.78 is 0. The summed E-state index contributed by atoms with van der Waals surface area (Å²) in [5.74, 6) is 0.621. The molecule has 0 heterocycles. The zero-order valence-electron chi connectivity index (χ0n) is 9.60. The molecule has 0 saturated heterocycles. The average molecular weight is 224 g/mol. The van der Waals surface area contributed by atoms with Gasteiger partial charge in [0.25, 0.3) is 0 Å². The summed E-state index contributed by atoms with van der Waals surface area (Å²) in [7, 11) is 0. The fourth-order valence-corrected chi connectivity index (χ4v) is 3.03. The minimum atomic E-state index is 0.175. The Morgan fingerprint density at radius 3 is 2.60 bits per heavy atom. The van der Waals surface area contributed by atoms with Gasteiger partial charge in [0.05, 0.1) is 0 Å². The van der Waals surface area contributed by atoms with Crippen LogP contribution < -0.4 is 5.73 Å². The lowest BCUT2D eigenvalue weighted by Crippen LogP contribution is -2.21. The Hall–Kier alpha value is -0.530. The molecule has 1 nitrogen and oxygen atoms in total. The van der Waals surface area contributed by atoms with Crippen molar-refractivity contribution in [2.24, 2.45) is 5.73 Å². The molecule has 15 heavy (non-hydrogen) atoms. The number of hydrogen-bond donors (Lipinski definition) is 1. The fourth-order valence-electron chi connectivity index (χ4n) is 2.77. The normalized spacial score (nSPS) is 25.1. The lowest BCUT2D eigenvalue weighted by molar-refractivity contribution is 0.509. The van der Waals surface area contributed by atoms with Crippen LogP contribution in [0.1, 0.15) is 54.0 Å². The minimum absolute atomic E-state index is 0.175. The molecule has 0 spiro atoms. The van der Waals surface area contributed by atoms with Crippen LogP contribution in [0.2, 0.25) is 5.02 Å². The van der Waals surface area contributed by atoms with Crippen LogP contribution in [-0.4, -0.2) is 0 Å². The van der Waals surface area contributed by atoms with Crippen LogP contribution in [-0.2, 0) is 0 Å². The van der Waals surface area contributed by atoms with Gasteiger partial charge in [-0.2, -0.15) is 0 Å². The van der Waals surface area contributed by atoms with Gasteiger partial charge in [-0.1, -0.05) is 18.5 Å². The van der Waals surface area contributed by atoms with E-state index in [1.165, 1.54) is 28.7 Å². The number of halogens is 1. The second kappa shape index (κ2) is 3.80. The quantitative estimate of drug-likeness (QED) is 0.710. The molecule has 0 fully saturated rings. The highest BCUT2D eigenvalue weighted by molar-refractivity contribution is 6.31. The predicted molar refractivity (Wildman–Crippen MR) is 65.5 cm³/mol. The third kappa shape index (κ3) is 1.68. The van der Waals surface area contributed by atoms with E-state index in [0.717, 1.165) is 11.4 Å². The fraction of sp³-hybridized carbons (Fsp3) is 0.538. The lowest BCUT2D eigenvalue weighted by atomic mass is 9.77. The third-order valence-corrected chi connectivity index (χ3v) is 3.99. The Morgan fingerprint density at radius 2 is 1.93 bits per heavy atom. The van der Waals surface area contributed by atoms with Gasteiger partial charge in [-0.15, -0.1) is 0 Å². The van der Waals surface area contributed by atoms with Gasteiger partial charge in [-0.05, 0) is 60.9 Å². The molecule has 2 heteroatoms. The number of hydrogen-bond acceptors (Lipinski definition) is 1. The van der Waals surface area contributed by atoms with E-state index in [-0.39, 0.29) is 6.04 Å². The van der Waals surface area contributed by atoms with Crippen LogP contribution >= 0.6 is 11.6 Å². The molecule has 1 aromatic carbocycles. The molecule has 2 rings (SSSR count). The summed E-state index contributed by atoms with van der Waals surface area (Å²) >= 11 is 6.21. The van der Waals surface area contributed by atoms with E-state index >= 15 is 0 Å². The van der Waals surface area contributed by atoms with E-state index in [4.69, 9.17) is 17.3 Å². The van der Waals surface area contributed by atoms with E-state index in [9.17, 15) is 0 Å². The highest BCUT2D eigenvalue weighted by Crippen LogP contribution is 2.41. The molecule has 1 aromatic rings. The van der Waals surface area contributed by atoms with Crippen LogP contribution in [0.4, 0.5) is 0 Å². The second-order valence-electron chi connectivity index (χ2n) is 4.71. The molecule has 0 bridgehead atoms. The van der Waals surface area contributed by atoms with Crippen molar-refractivity contribution in [2.75, 3.05) is 0 Å². The molecule has 0 saturated carbocycles. The van der Waals surface area contributed by atoms with Gasteiger partial charge in [0.2, 0.25) is 0 Å². The van der Waals surface area contributed by atoms with Gasteiger partial charge in [-0.25, -0.2) is 0 Å². The molecule has 1 aliphatic carbocycles. The first kappa shape index (κ1) is 11.0. The summed E-state index contributed by atoms with van der Waals surface area (Å²) in [5, 5.41) is 0.857. The number of benzene rings is 1. The van der Waals surface area contributed by atoms with Crippen molar-refractivity contribution in [3.63, 3.8) is 0 Å². The number of nitrogens with two attached hydrogens (primary N) is 1. The van der Waals surface area contributed by atoms with Crippen LogP contribution in [0.5, 0.6) is 0 Å². The molecule has 2 N–H and O–H groups in total. The SMILES string of the molecule is Cc1cc(Cl)c(C)c2c1C(C)CCC2N. The third-order valence-electron chi connectivity index (χ3n) is 3.59. The summed E-state index contributed by atoms with van der Waals surface area (Å²) in [4.78, 5) is 0. The van der Waals surface area contributed by atoms with Crippen molar-refractivity contribution in [2.45, 2.75) is 45.6 Å². The highest BCUT2D eigenvalue weighted by atomic mass is 35.5. The van der Waals surface area contributed by atoms with Crippen LogP contribution in [0.25, 0.3) is 0 Å². The second-order valence-corrected chi connectivity index (χ2v) is 5.12. The Morgan fingerprint density at radius 1 is 1.27 bits per heavy atom. The molecule has 82 valence electrons. The van der Waals surface area contributed by atoms with E-state index in [1.807, 2.05) is 0 Å². The van der Waals surface area contributed by atoms with E-state index < -0.39 is 0 Å². The summed E-state index contributed by atoms with van der Waals surface area (Å²) in [6, 6.07) is 2.25. The van der Waals surface area contributed by atoms with Crippen molar-refractivity contribution in [3.8, 4) is 0 Å². The Labute approximate surface area is 96.6 Å². The summed E-state index contributed by atoms with van der Waals surface area (Å²) in [6.45, 7) is 6.50. The minimum Gasteiger partial charge on any atom is -0.324 e. The van der Waals surface area contributed by atoms with E-state index in [0.29, 0.717) is 5.92 Å². The molecule has 0 aliphatic heterocycles. The Bertz CT molecular complexity index is 398. The number of fused-ring (bicyclic) bond motifs is 1. The first-order valence-electron chi connectivity index (χ1n) is 5.57. The van der Waals surface area contributed by atoms with Crippen molar-refractivity contribution in [3.05, 3.63) is 33.3 Å². The van der Waals surface area contributed by atoms with Crippen molar-refractivity contribution in [1.29, 1.82) is 0 Å². The largest absolute Gasteiger partial charge is 0.324 e. The Balaban J connectivity index is 2.71. The highest BCUT2D eigenvalue weighted by Gasteiger charge is 2.26. The summed E-state index contributed by atoms with van der Waals surface area (Å²) in [5.41, 5.74) is 11.4. The molecule has 1 aliphatic rings. The molecular weight excluding hydrogens is 206 g/mol. The van der Waals surface area contributed by atoms with Crippen LogP contribution in [0.3, 0.4) is 0 Å². The predicted octanol–water partition coefficient (Wildman–Crippen LogP) is 3.85. The van der Waals surface area contributed by atoms with Crippen molar-refractivity contribution in [1.82, 2.24) is 0 Å². The van der Waals surface area contributed by atoms with E-state index in [2.05, 4.69) is 26.8 Å². The maximum Gasteiger partial charge on any atom is 0.0441 e. The first-order chi connectivity index (χ1) is 7.02.